The van der Waals surface area contributed by atoms with E-state index < -0.39 is 11.9 Å². The van der Waals surface area contributed by atoms with Gasteiger partial charge in [0, 0.05) is 10.6 Å². The topological polar surface area (TPSA) is 81.0 Å². The van der Waals surface area contributed by atoms with Crippen LogP contribution < -0.4 is 0 Å². The van der Waals surface area contributed by atoms with Crippen LogP contribution in [0.4, 0.5) is 0 Å². The number of halogens is 1. The number of esters is 1. The summed E-state index contributed by atoms with van der Waals surface area (Å²) in [4.78, 5) is 24.7. The molecule has 0 saturated carbocycles. The zero-order chi connectivity index (χ0) is 21.1. The first-order chi connectivity index (χ1) is 14.5. The molecule has 0 aliphatic heterocycles. The van der Waals surface area contributed by atoms with E-state index in [9.17, 15) is 4.79 Å². The fourth-order valence-electron chi connectivity index (χ4n) is 3.05. The van der Waals surface area contributed by atoms with Crippen molar-refractivity contribution >= 4 is 17.6 Å². The Morgan fingerprint density at radius 3 is 2.57 bits per heavy atom. The van der Waals surface area contributed by atoms with E-state index in [0.717, 1.165) is 17.0 Å². The molecule has 6 nitrogen and oxygen atoms in total. The maximum Gasteiger partial charge on any atom is 0.316 e. The Hall–Kier alpha value is -3.38. The Balaban J connectivity index is 1.65. The van der Waals surface area contributed by atoms with Crippen molar-refractivity contribution < 1.29 is 13.9 Å². The number of rotatable bonds is 6. The van der Waals surface area contributed by atoms with Gasteiger partial charge in [-0.15, -0.1) is 0 Å². The molecule has 7 heteroatoms. The van der Waals surface area contributed by atoms with Crippen molar-refractivity contribution in [2.75, 3.05) is 0 Å². The average Bonchev–Trinajstić information content (AvgIpc) is 3.39. The second-order valence-electron chi connectivity index (χ2n) is 6.94. The number of ether oxygens (including phenoxy) is 1. The van der Waals surface area contributed by atoms with Gasteiger partial charge in [0.15, 0.2) is 0 Å². The van der Waals surface area contributed by atoms with Gasteiger partial charge in [0.25, 0.3) is 0 Å². The molecule has 1 N–H and O–H groups in total. The van der Waals surface area contributed by atoms with Gasteiger partial charge >= 0.3 is 5.97 Å². The SMILES string of the molecule is Cc1ncc(-c2nc(-c3ccc(Cl)cc3)c(C(C)C(=O)OCc3ccccc3)o2)[nH]1. The van der Waals surface area contributed by atoms with Crippen LogP contribution in [0, 0.1) is 6.92 Å². The van der Waals surface area contributed by atoms with Gasteiger partial charge in [-0.25, -0.2) is 9.97 Å². The Kier molecular flexibility index (Phi) is 5.68. The number of carbonyl (C=O) groups excluding carboxylic acids is 1. The quantitative estimate of drug-likeness (QED) is 0.413. The molecular formula is C23H20ClN3O3. The van der Waals surface area contributed by atoms with Gasteiger partial charge in [0.2, 0.25) is 5.89 Å². The normalized spacial score (nSPS) is 12.0. The number of H-pyrrole nitrogens is 1. The van der Waals surface area contributed by atoms with Crippen molar-refractivity contribution in [1.82, 2.24) is 15.0 Å². The lowest BCUT2D eigenvalue weighted by Crippen LogP contribution is -2.13. The number of oxazole rings is 1. The van der Waals surface area contributed by atoms with Crippen LogP contribution in [-0.2, 0) is 16.1 Å². The maximum absolute atomic E-state index is 12.8. The molecule has 0 aliphatic rings. The average molecular weight is 422 g/mol. The van der Waals surface area contributed by atoms with E-state index in [1.54, 1.807) is 25.3 Å². The second-order valence-corrected chi connectivity index (χ2v) is 7.37. The molecule has 4 aromatic rings. The van der Waals surface area contributed by atoms with Crippen molar-refractivity contribution in [3.8, 4) is 22.8 Å². The summed E-state index contributed by atoms with van der Waals surface area (Å²) in [5, 5.41) is 0.614. The van der Waals surface area contributed by atoms with Crippen LogP contribution in [-0.4, -0.2) is 20.9 Å². The number of aromatic amines is 1. The van der Waals surface area contributed by atoms with Crippen molar-refractivity contribution in [2.45, 2.75) is 26.4 Å². The number of imidazole rings is 1. The molecule has 0 fully saturated rings. The number of hydrogen-bond donors (Lipinski definition) is 1. The molecule has 0 aliphatic carbocycles. The van der Waals surface area contributed by atoms with Gasteiger partial charge in [-0.2, -0.15) is 0 Å². The Morgan fingerprint density at radius 1 is 1.17 bits per heavy atom. The first kappa shape index (κ1) is 19.9. The van der Waals surface area contributed by atoms with Crippen molar-refractivity contribution in [3.63, 3.8) is 0 Å². The van der Waals surface area contributed by atoms with E-state index in [0.29, 0.717) is 28.1 Å². The monoisotopic (exact) mass is 421 g/mol. The van der Waals surface area contributed by atoms with Gasteiger partial charge in [-0.3, -0.25) is 4.79 Å². The number of aryl methyl sites for hydroxylation is 1. The molecule has 0 bridgehead atoms. The number of carbonyl (C=O) groups is 1. The van der Waals surface area contributed by atoms with Crippen LogP contribution in [0.1, 0.15) is 30.0 Å². The predicted octanol–water partition coefficient (Wildman–Crippen LogP) is 5.54. The van der Waals surface area contributed by atoms with Crippen LogP contribution in [0.15, 0.2) is 65.2 Å². The van der Waals surface area contributed by atoms with Gasteiger partial charge in [0.05, 0.1) is 6.20 Å². The molecule has 0 spiro atoms. The first-order valence-electron chi connectivity index (χ1n) is 9.50. The lowest BCUT2D eigenvalue weighted by atomic mass is 10.0. The minimum atomic E-state index is -0.648. The molecule has 152 valence electrons. The van der Waals surface area contributed by atoms with Crippen molar-refractivity contribution in [3.05, 3.63) is 83.0 Å². The summed E-state index contributed by atoms with van der Waals surface area (Å²) in [5.41, 5.74) is 2.92. The molecule has 2 aromatic heterocycles. The van der Waals surface area contributed by atoms with E-state index >= 15 is 0 Å². The van der Waals surface area contributed by atoms with E-state index in [-0.39, 0.29) is 6.61 Å². The van der Waals surface area contributed by atoms with Gasteiger partial charge in [-0.1, -0.05) is 54.1 Å². The Bertz CT molecular complexity index is 1150. The molecule has 0 amide bonds. The molecule has 30 heavy (non-hydrogen) atoms. The molecule has 0 saturated heterocycles. The summed E-state index contributed by atoms with van der Waals surface area (Å²) < 4.78 is 11.5. The molecule has 4 rings (SSSR count). The third-order valence-corrected chi connectivity index (χ3v) is 4.93. The lowest BCUT2D eigenvalue weighted by molar-refractivity contribution is -0.146. The van der Waals surface area contributed by atoms with E-state index in [1.807, 2.05) is 49.4 Å². The van der Waals surface area contributed by atoms with Crippen LogP contribution in [0.2, 0.25) is 5.02 Å². The zero-order valence-corrected chi connectivity index (χ0v) is 17.3. The van der Waals surface area contributed by atoms with Crippen LogP contribution >= 0.6 is 11.6 Å². The molecule has 2 aromatic carbocycles. The summed E-state index contributed by atoms with van der Waals surface area (Å²) >= 11 is 6.02. The highest BCUT2D eigenvalue weighted by molar-refractivity contribution is 6.30. The summed E-state index contributed by atoms with van der Waals surface area (Å²) in [7, 11) is 0. The molecule has 1 unspecified atom stereocenters. The maximum atomic E-state index is 12.8. The predicted molar refractivity (Wildman–Crippen MR) is 114 cm³/mol. The summed E-state index contributed by atoms with van der Waals surface area (Å²) in [6, 6.07) is 16.8. The largest absolute Gasteiger partial charge is 0.460 e. The van der Waals surface area contributed by atoms with E-state index in [4.69, 9.17) is 20.8 Å². The van der Waals surface area contributed by atoms with Crippen LogP contribution in [0.25, 0.3) is 22.8 Å². The minimum Gasteiger partial charge on any atom is -0.460 e. The third kappa shape index (κ3) is 4.28. The van der Waals surface area contributed by atoms with Crippen molar-refractivity contribution in [2.24, 2.45) is 0 Å². The highest BCUT2D eigenvalue weighted by atomic mass is 35.5. The summed E-state index contributed by atoms with van der Waals surface area (Å²) in [6.45, 7) is 3.79. The number of aromatic nitrogens is 3. The van der Waals surface area contributed by atoms with Gasteiger partial charge in [0.1, 0.15) is 35.5 Å². The number of nitrogens with zero attached hydrogens (tertiary/aromatic N) is 2. The third-order valence-electron chi connectivity index (χ3n) is 4.68. The highest BCUT2D eigenvalue weighted by Gasteiger charge is 2.28. The smallest absolute Gasteiger partial charge is 0.316 e. The first-order valence-corrected chi connectivity index (χ1v) is 9.88. The fourth-order valence-corrected chi connectivity index (χ4v) is 3.17. The van der Waals surface area contributed by atoms with Crippen LogP contribution in [0.5, 0.6) is 0 Å². The molecule has 2 heterocycles. The molecular weight excluding hydrogens is 402 g/mol. The molecule has 0 radical (unpaired) electrons. The van der Waals surface area contributed by atoms with E-state index in [1.165, 1.54) is 0 Å². The lowest BCUT2D eigenvalue weighted by Gasteiger charge is -2.11. The summed E-state index contributed by atoms with van der Waals surface area (Å²) in [6.07, 6.45) is 1.65. The van der Waals surface area contributed by atoms with E-state index in [2.05, 4.69) is 15.0 Å². The van der Waals surface area contributed by atoms with Gasteiger partial charge in [-0.05, 0) is 31.5 Å². The number of benzene rings is 2. The number of hydrogen-bond acceptors (Lipinski definition) is 5. The van der Waals surface area contributed by atoms with Crippen molar-refractivity contribution in [1.29, 1.82) is 0 Å². The standard InChI is InChI=1S/C23H20ClN3O3/c1-14(23(28)29-13-16-6-4-3-5-7-16)21-20(17-8-10-18(24)11-9-17)27-22(30-21)19-12-25-15(2)26-19/h3-12,14H,13H2,1-2H3,(H,25,26). The number of nitrogens with one attached hydrogen (secondary N) is 1. The Labute approximate surface area is 178 Å². The van der Waals surface area contributed by atoms with Crippen LogP contribution in [0.3, 0.4) is 0 Å². The Morgan fingerprint density at radius 2 is 1.90 bits per heavy atom. The molecule has 1 atom stereocenters. The summed E-state index contributed by atoms with van der Waals surface area (Å²) in [5.74, 6) is 0.492. The second kappa shape index (κ2) is 8.55. The van der Waals surface area contributed by atoms with Gasteiger partial charge < -0.3 is 14.1 Å². The minimum absolute atomic E-state index is 0.195. The fraction of sp³-hybridized carbons (Fsp3) is 0.174. The highest BCUT2D eigenvalue weighted by Crippen LogP contribution is 2.34. The zero-order valence-electron chi connectivity index (χ0n) is 16.6.